The topological polar surface area (TPSA) is 138 Å². The minimum absolute atomic E-state index is 0.0377. The zero-order valence-corrected chi connectivity index (χ0v) is 18.7. The summed E-state index contributed by atoms with van der Waals surface area (Å²) in [5.74, 6) is 0.196. The molecule has 0 aliphatic carbocycles. The van der Waals surface area contributed by atoms with Gasteiger partial charge in [-0.3, -0.25) is 24.1 Å². The Morgan fingerprint density at radius 2 is 1.78 bits per heavy atom. The van der Waals surface area contributed by atoms with Gasteiger partial charge in [-0.15, -0.1) is 0 Å². The van der Waals surface area contributed by atoms with E-state index in [0.717, 1.165) is 10.1 Å². The number of benzene rings is 1. The lowest BCUT2D eigenvalue weighted by Crippen LogP contribution is -2.39. The molecule has 0 amide bonds. The zero-order chi connectivity index (χ0) is 23.6. The van der Waals surface area contributed by atoms with Crippen LogP contribution in [0.2, 0.25) is 0 Å². The number of nitrogens with two attached hydrogens (primary N) is 1. The molecule has 3 rings (SSSR count). The van der Waals surface area contributed by atoms with Crippen LogP contribution in [0.5, 0.6) is 0 Å². The van der Waals surface area contributed by atoms with E-state index in [9.17, 15) is 14.4 Å². The first-order chi connectivity index (χ1) is 15.1. The van der Waals surface area contributed by atoms with Gasteiger partial charge in [-0.2, -0.15) is 0 Å². The van der Waals surface area contributed by atoms with Gasteiger partial charge in [0.05, 0.1) is 6.10 Å². The van der Waals surface area contributed by atoms with Crippen LogP contribution in [0.25, 0.3) is 22.6 Å². The third-order valence-electron chi connectivity index (χ3n) is 5.18. The number of rotatable bonds is 8. The number of aromatic nitrogens is 4. The van der Waals surface area contributed by atoms with Crippen molar-refractivity contribution < 1.29 is 9.53 Å². The Morgan fingerprint density at radius 3 is 2.38 bits per heavy atom. The highest BCUT2D eigenvalue weighted by Gasteiger charge is 2.19. The first-order valence-corrected chi connectivity index (χ1v) is 10.4. The summed E-state index contributed by atoms with van der Waals surface area (Å²) in [6.45, 7) is 3.76. The second-order valence-electron chi connectivity index (χ2n) is 7.95. The maximum absolute atomic E-state index is 13.1. The molecule has 10 nitrogen and oxygen atoms in total. The molecule has 2 aromatic heterocycles. The average molecular weight is 441 g/mol. The van der Waals surface area contributed by atoms with Gasteiger partial charge >= 0.3 is 11.7 Å². The molecule has 0 bridgehead atoms. The Labute approximate surface area is 184 Å². The molecule has 0 atom stereocenters. The van der Waals surface area contributed by atoms with Crippen molar-refractivity contribution in [3.05, 3.63) is 50.7 Å². The molecule has 0 saturated carbocycles. The van der Waals surface area contributed by atoms with E-state index >= 15 is 0 Å². The number of hydrogen-bond donors (Lipinski definition) is 2. The van der Waals surface area contributed by atoms with E-state index in [1.807, 2.05) is 0 Å². The van der Waals surface area contributed by atoms with Crippen LogP contribution in [0.4, 0.5) is 0 Å². The molecule has 10 heteroatoms. The largest absolute Gasteiger partial charge is 0.463 e. The van der Waals surface area contributed by atoms with Crippen molar-refractivity contribution >= 4 is 23.0 Å². The van der Waals surface area contributed by atoms with Crippen molar-refractivity contribution in [2.75, 3.05) is 0 Å². The summed E-state index contributed by atoms with van der Waals surface area (Å²) in [5, 5.41) is 7.52. The number of nitrogen functional groups attached to an aromatic ring is 1. The first kappa shape index (κ1) is 23.0. The van der Waals surface area contributed by atoms with Crippen LogP contribution in [-0.4, -0.2) is 36.6 Å². The minimum atomic E-state index is -0.463. The predicted octanol–water partition coefficient (Wildman–Crippen LogP) is 1.51. The third kappa shape index (κ3) is 4.48. The van der Waals surface area contributed by atoms with Crippen LogP contribution in [0.3, 0.4) is 0 Å². The molecule has 0 unspecified atom stereocenters. The fourth-order valence-electron chi connectivity index (χ4n) is 3.62. The van der Waals surface area contributed by atoms with E-state index < -0.39 is 11.2 Å². The summed E-state index contributed by atoms with van der Waals surface area (Å²) in [6, 6.07) is 6.95. The number of carbonyl (C=O) groups is 1. The highest BCUT2D eigenvalue weighted by molar-refractivity contribution is 5.95. The Bertz CT molecular complexity index is 1280. The maximum Gasteiger partial charge on any atom is 0.332 e. The van der Waals surface area contributed by atoms with Gasteiger partial charge in [-0.1, -0.05) is 24.3 Å². The Kier molecular flexibility index (Phi) is 6.61. The van der Waals surface area contributed by atoms with Crippen molar-refractivity contribution in [1.29, 1.82) is 5.41 Å². The van der Waals surface area contributed by atoms with Crippen LogP contribution >= 0.6 is 0 Å². The van der Waals surface area contributed by atoms with Crippen molar-refractivity contribution in [3.8, 4) is 11.4 Å². The lowest BCUT2D eigenvalue weighted by atomic mass is 10.1. The molecule has 3 aromatic rings. The lowest BCUT2D eigenvalue weighted by Gasteiger charge is -2.10. The van der Waals surface area contributed by atoms with Gasteiger partial charge in [0.2, 0.25) is 0 Å². The van der Waals surface area contributed by atoms with Crippen molar-refractivity contribution in [2.45, 2.75) is 45.8 Å². The van der Waals surface area contributed by atoms with Gasteiger partial charge in [0.25, 0.3) is 5.56 Å². The monoisotopic (exact) mass is 440 g/mol. The van der Waals surface area contributed by atoms with E-state index in [1.165, 1.54) is 4.57 Å². The molecule has 0 radical (unpaired) electrons. The summed E-state index contributed by atoms with van der Waals surface area (Å²) in [4.78, 5) is 42.1. The number of amidine groups is 1. The maximum atomic E-state index is 13.1. The molecular weight excluding hydrogens is 412 g/mol. The molecule has 0 aliphatic heterocycles. The first-order valence-electron chi connectivity index (χ1n) is 10.4. The van der Waals surface area contributed by atoms with Gasteiger partial charge in [0.1, 0.15) is 17.3 Å². The smallest absolute Gasteiger partial charge is 0.332 e. The molecule has 0 spiro atoms. The summed E-state index contributed by atoms with van der Waals surface area (Å²) < 4.78 is 9.37. The SMILES string of the molecule is CC(C)OC(=O)CCCCn1c(=O)c2nc(-c3ccc(C(=N)N)cc3)n(C)c2n(C)c1=O. The number of hydrogen-bond acceptors (Lipinski definition) is 6. The summed E-state index contributed by atoms with van der Waals surface area (Å²) in [7, 11) is 3.35. The van der Waals surface area contributed by atoms with Crippen molar-refractivity contribution in [3.63, 3.8) is 0 Å². The van der Waals surface area contributed by atoms with E-state index in [2.05, 4.69) is 4.98 Å². The fourth-order valence-corrected chi connectivity index (χ4v) is 3.62. The molecule has 0 aliphatic rings. The molecule has 3 N–H and O–H groups in total. The summed E-state index contributed by atoms with van der Waals surface area (Å²) >= 11 is 0. The third-order valence-corrected chi connectivity index (χ3v) is 5.18. The van der Waals surface area contributed by atoms with Crippen LogP contribution in [0, 0.1) is 5.41 Å². The fraction of sp³-hybridized carbons (Fsp3) is 0.409. The zero-order valence-electron chi connectivity index (χ0n) is 18.7. The molecule has 1 aromatic carbocycles. The second kappa shape index (κ2) is 9.21. The summed E-state index contributed by atoms with van der Waals surface area (Å²) in [6.07, 6.45) is 1.06. The van der Waals surface area contributed by atoms with Gasteiger partial charge in [-0.25, -0.2) is 9.78 Å². The van der Waals surface area contributed by atoms with E-state index in [0.29, 0.717) is 29.9 Å². The number of aryl methyl sites for hydroxylation is 2. The van der Waals surface area contributed by atoms with E-state index in [-0.39, 0.29) is 36.4 Å². The number of imidazole rings is 1. The minimum Gasteiger partial charge on any atom is -0.463 e. The molecule has 0 saturated heterocycles. The number of nitrogens with one attached hydrogen (secondary N) is 1. The number of nitrogens with zero attached hydrogens (tertiary/aromatic N) is 4. The molecule has 170 valence electrons. The number of ether oxygens (including phenoxy) is 1. The highest BCUT2D eigenvalue weighted by atomic mass is 16.5. The summed E-state index contributed by atoms with van der Waals surface area (Å²) in [5.41, 5.74) is 6.54. The van der Waals surface area contributed by atoms with Crippen molar-refractivity contribution in [1.82, 2.24) is 18.7 Å². The lowest BCUT2D eigenvalue weighted by molar-refractivity contribution is -0.147. The van der Waals surface area contributed by atoms with Gasteiger partial charge < -0.3 is 15.0 Å². The highest BCUT2D eigenvalue weighted by Crippen LogP contribution is 2.21. The van der Waals surface area contributed by atoms with E-state index in [4.69, 9.17) is 15.9 Å². The standard InChI is InChI=1S/C22H28N6O4/c1-13(2)32-16(29)7-5-6-12-28-21(30)17-20(27(4)22(28)31)26(3)19(25-17)15-10-8-14(9-11-15)18(23)24/h8-11,13H,5-7,12H2,1-4H3,(H3,23,24). The Balaban J connectivity index is 1.91. The van der Waals surface area contributed by atoms with Crippen LogP contribution in [0.15, 0.2) is 33.9 Å². The number of carbonyl (C=O) groups excluding carboxylic acids is 1. The van der Waals surface area contributed by atoms with Crippen LogP contribution in [-0.2, 0) is 30.2 Å². The van der Waals surface area contributed by atoms with Gasteiger partial charge in [-0.05, 0) is 26.7 Å². The van der Waals surface area contributed by atoms with E-state index in [1.54, 1.807) is 56.8 Å². The van der Waals surface area contributed by atoms with Gasteiger partial charge in [0, 0.05) is 38.2 Å². The Hall–Kier alpha value is -3.69. The normalized spacial score (nSPS) is 11.3. The number of unbranched alkanes of at least 4 members (excludes halogenated alkanes) is 1. The Morgan fingerprint density at radius 1 is 1.12 bits per heavy atom. The predicted molar refractivity (Wildman–Crippen MR) is 122 cm³/mol. The average Bonchev–Trinajstić information content (AvgIpc) is 3.08. The molecule has 2 heterocycles. The second-order valence-corrected chi connectivity index (χ2v) is 7.95. The van der Waals surface area contributed by atoms with Gasteiger partial charge in [0.15, 0.2) is 5.52 Å². The molecule has 32 heavy (non-hydrogen) atoms. The molecule has 0 fully saturated rings. The quantitative estimate of drug-likeness (QED) is 0.236. The number of fused-ring (bicyclic) bond motifs is 1. The molecular formula is C22H28N6O4. The number of esters is 1. The van der Waals surface area contributed by atoms with Crippen LogP contribution in [0.1, 0.15) is 38.7 Å². The van der Waals surface area contributed by atoms with Crippen molar-refractivity contribution in [2.24, 2.45) is 19.8 Å². The van der Waals surface area contributed by atoms with Crippen LogP contribution < -0.4 is 17.0 Å².